The molecule has 1 atom stereocenters. The summed E-state index contributed by atoms with van der Waals surface area (Å²) in [4.78, 5) is 25.9. The first-order valence-electron chi connectivity index (χ1n) is 8.77. The smallest absolute Gasteiger partial charge is 0.308 e. The van der Waals surface area contributed by atoms with Crippen LogP contribution in [0.1, 0.15) is 34.6 Å². The van der Waals surface area contributed by atoms with Crippen molar-refractivity contribution in [1.82, 2.24) is 9.47 Å². The minimum atomic E-state index is -0.828. The number of carbonyl (C=O) groups is 2. The van der Waals surface area contributed by atoms with Crippen LogP contribution in [0.4, 0.5) is 0 Å². The summed E-state index contributed by atoms with van der Waals surface area (Å²) in [5.74, 6) is -0.617. The van der Waals surface area contributed by atoms with Crippen molar-refractivity contribution >= 4 is 11.9 Å². The second-order valence-electron chi connectivity index (χ2n) is 6.75. The van der Waals surface area contributed by atoms with Crippen molar-refractivity contribution in [1.29, 1.82) is 0 Å². The first-order valence-corrected chi connectivity index (χ1v) is 8.77. The molecule has 1 N–H and O–H groups in total. The van der Waals surface area contributed by atoms with Gasteiger partial charge in [0.1, 0.15) is 5.75 Å². The molecule has 1 aromatic carbocycles. The molecule has 2 heterocycles. The number of nitrogens with zero attached hydrogens (tertiary/aromatic N) is 2. The monoisotopic (exact) mass is 356 g/mol. The van der Waals surface area contributed by atoms with Crippen molar-refractivity contribution in [3.05, 3.63) is 47.3 Å². The highest BCUT2D eigenvalue weighted by molar-refractivity contribution is 5.96. The Labute approximate surface area is 153 Å². The van der Waals surface area contributed by atoms with Crippen LogP contribution in [-0.2, 0) is 4.79 Å². The van der Waals surface area contributed by atoms with E-state index in [1.54, 1.807) is 12.0 Å². The van der Waals surface area contributed by atoms with Gasteiger partial charge >= 0.3 is 5.97 Å². The van der Waals surface area contributed by atoms with Gasteiger partial charge in [0.15, 0.2) is 0 Å². The molecule has 1 aromatic heterocycles. The van der Waals surface area contributed by atoms with Gasteiger partial charge in [0.25, 0.3) is 5.91 Å². The van der Waals surface area contributed by atoms with Crippen molar-refractivity contribution < 1.29 is 19.4 Å². The molecule has 0 aliphatic carbocycles. The van der Waals surface area contributed by atoms with Gasteiger partial charge in [0.05, 0.1) is 18.6 Å². The Bertz CT molecular complexity index is 823. The van der Waals surface area contributed by atoms with Crippen molar-refractivity contribution in [3.63, 3.8) is 0 Å². The van der Waals surface area contributed by atoms with Crippen LogP contribution >= 0.6 is 0 Å². The molecule has 26 heavy (non-hydrogen) atoms. The topological polar surface area (TPSA) is 71.8 Å². The lowest BCUT2D eigenvalue weighted by Gasteiger charge is -2.30. The maximum Gasteiger partial charge on any atom is 0.308 e. The first-order chi connectivity index (χ1) is 12.4. The van der Waals surface area contributed by atoms with Crippen LogP contribution in [0.25, 0.3) is 5.69 Å². The summed E-state index contributed by atoms with van der Waals surface area (Å²) in [6, 6.07) is 9.56. The summed E-state index contributed by atoms with van der Waals surface area (Å²) in [5, 5.41) is 9.25. The van der Waals surface area contributed by atoms with E-state index < -0.39 is 11.9 Å². The van der Waals surface area contributed by atoms with E-state index in [0.29, 0.717) is 18.5 Å². The number of rotatable bonds is 4. The van der Waals surface area contributed by atoms with Gasteiger partial charge in [-0.2, -0.15) is 0 Å². The fourth-order valence-electron chi connectivity index (χ4n) is 3.64. The van der Waals surface area contributed by atoms with E-state index >= 15 is 0 Å². The third-order valence-electron chi connectivity index (χ3n) is 5.05. The second kappa shape index (κ2) is 7.23. The third-order valence-corrected chi connectivity index (χ3v) is 5.05. The summed E-state index contributed by atoms with van der Waals surface area (Å²) in [6.45, 7) is 4.77. The Morgan fingerprint density at radius 2 is 1.88 bits per heavy atom. The average molecular weight is 356 g/mol. The number of carbonyl (C=O) groups excluding carboxylic acids is 1. The molecule has 138 valence electrons. The molecular formula is C20H24N2O4. The number of benzene rings is 1. The van der Waals surface area contributed by atoms with Gasteiger partial charge in [-0.3, -0.25) is 9.59 Å². The van der Waals surface area contributed by atoms with E-state index in [4.69, 9.17) is 4.74 Å². The Morgan fingerprint density at radius 1 is 1.19 bits per heavy atom. The predicted molar refractivity (Wildman–Crippen MR) is 98.1 cm³/mol. The van der Waals surface area contributed by atoms with E-state index in [1.165, 1.54) is 0 Å². The molecule has 0 saturated carbocycles. The number of ether oxygens (including phenoxy) is 1. The van der Waals surface area contributed by atoms with E-state index in [2.05, 4.69) is 0 Å². The van der Waals surface area contributed by atoms with Gasteiger partial charge in [-0.1, -0.05) is 0 Å². The summed E-state index contributed by atoms with van der Waals surface area (Å²) in [5.41, 5.74) is 3.41. The fraction of sp³-hybridized carbons (Fsp3) is 0.400. The second-order valence-corrected chi connectivity index (χ2v) is 6.75. The summed E-state index contributed by atoms with van der Waals surface area (Å²) < 4.78 is 7.23. The quantitative estimate of drug-likeness (QED) is 0.914. The number of aromatic nitrogens is 1. The normalized spacial score (nSPS) is 17.2. The summed E-state index contributed by atoms with van der Waals surface area (Å²) in [7, 11) is 1.63. The van der Waals surface area contributed by atoms with E-state index in [0.717, 1.165) is 29.2 Å². The van der Waals surface area contributed by atoms with E-state index in [-0.39, 0.29) is 12.5 Å². The standard InChI is InChI=1S/C20H24N2O4/c1-13-11-18(19(23)21-10-4-5-15(12-21)20(24)25)14(2)22(13)16-6-8-17(26-3)9-7-16/h6-9,11,15H,4-5,10,12H2,1-3H3,(H,24,25). The SMILES string of the molecule is COc1ccc(-n2c(C)cc(C(=O)N3CCCC(C(=O)O)C3)c2C)cc1. The molecule has 6 heteroatoms. The van der Waals surface area contributed by atoms with Crippen LogP contribution in [0.3, 0.4) is 0 Å². The zero-order chi connectivity index (χ0) is 18.8. The van der Waals surface area contributed by atoms with Crippen LogP contribution in [0.15, 0.2) is 30.3 Å². The number of piperidine rings is 1. The summed E-state index contributed by atoms with van der Waals surface area (Å²) in [6.07, 6.45) is 1.35. The Morgan fingerprint density at radius 3 is 2.50 bits per heavy atom. The van der Waals surface area contributed by atoms with Crippen LogP contribution in [0, 0.1) is 19.8 Å². The highest BCUT2D eigenvalue weighted by Gasteiger charge is 2.30. The van der Waals surface area contributed by atoms with Crippen molar-refractivity contribution in [2.45, 2.75) is 26.7 Å². The van der Waals surface area contributed by atoms with Gasteiger partial charge in [-0.25, -0.2) is 0 Å². The lowest BCUT2D eigenvalue weighted by atomic mass is 9.97. The number of amides is 1. The molecule has 0 bridgehead atoms. The zero-order valence-corrected chi connectivity index (χ0v) is 15.4. The number of aliphatic carboxylic acids is 1. The van der Waals surface area contributed by atoms with Gasteiger partial charge in [-0.15, -0.1) is 0 Å². The molecule has 3 rings (SSSR count). The number of hydrogen-bond donors (Lipinski definition) is 1. The predicted octanol–water partition coefficient (Wildman–Crippen LogP) is 3.04. The first kappa shape index (κ1) is 18.0. The molecule has 1 saturated heterocycles. The van der Waals surface area contributed by atoms with Gasteiger partial charge in [-0.05, 0) is 57.0 Å². The van der Waals surface area contributed by atoms with Crippen LogP contribution < -0.4 is 4.74 Å². The average Bonchev–Trinajstić information content (AvgIpc) is 2.95. The molecule has 6 nitrogen and oxygen atoms in total. The number of aryl methyl sites for hydroxylation is 1. The molecule has 2 aromatic rings. The van der Waals surface area contributed by atoms with Crippen LogP contribution in [0.2, 0.25) is 0 Å². The fourth-order valence-corrected chi connectivity index (χ4v) is 3.64. The molecule has 1 fully saturated rings. The Hall–Kier alpha value is -2.76. The molecule has 0 spiro atoms. The maximum atomic E-state index is 13.0. The molecule has 1 aliphatic rings. The van der Waals surface area contributed by atoms with Crippen molar-refractivity contribution in [2.75, 3.05) is 20.2 Å². The largest absolute Gasteiger partial charge is 0.497 e. The molecule has 1 unspecified atom stereocenters. The number of hydrogen-bond acceptors (Lipinski definition) is 3. The number of carboxylic acids is 1. The maximum absolute atomic E-state index is 13.0. The molecule has 1 amide bonds. The highest BCUT2D eigenvalue weighted by Crippen LogP contribution is 2.25. The zero-order valence-electron chi connectivity index (χ0n) is 15.4. The molecular weight excluding hydrogens is 332 g/mol. The van der Waals surface area contributed by atoms with Crippen LogP contribution in [-0.4, -0.2) is 46.6 Å². The molecule has 0 radical (unpaired) electrons. The van der Waals surface area contributed by atoms with Crippen molar-refractivity contribution in [3.8, 4) is 11.4 Å². The Balaban J connectivity index is 1.89. The lowest BCUT2D eigenvalue weighted by Crippen LogP contribution is -2.42. The lowest BCUT2D eigenvalue weighted by molar-refractivity contribution is -0.143. The summed E-state index contributed by atoms with van der Waals surface area (Å²) >= 11 is 0. The third kappa shape index (κ3) is 3.31. The van der Waals surface area contributed by atoms with E-state index in [1.807, 2.05) is 48.7 Å². The van der Waals surface area contributed by atoms with Gasteiger partial charge in [0.2, 0.25) is 0 Å². The minimum Gasteiger partial charge on any atom is -0.497 e. The highest BCUT2D eigenvalue weighted by atomic mass is 16.5. The minimum absolute atomic E-state index is 0.0937. The van der Waals surface area contributed by atoms with Crippen molar-refractivity contribution in [2.24, 2.45) is 5.92 Å². The number of methoxy groups -OCH3 is 1. The van der Waals surface area contributed by atoms with Crippen LogP contribution in [0.5, 0.6) is 5.75 Å². The number of likely N-dealkylation sites (tertiary alicyclic amines) is 1. The number of carboxylic acid groups (broad SMARTS) is 1. The van der Waals surface area contributed by atoms with E-state index in [9.17, 15) is 14.7 Å². The van der Waals surface area contributed by atoms with Gasteiger partial charge < -0.3 is 19.3 Å². The van der Waals surface area contributed by atoms with Gasteiger partial charge in [0, 0.05) is 30.2 Å². The molecule has 1 aliphatic heterocycles. The Kier molecular flexibility index (Phi) is 5.02.